The van der Waals surface area contributed by atoms with Crippen LogP contribution in [0.2, 0.25) is 0 Å². The third-order valence-electron chi connectivity index (χ3n) is 3.24. The van der Waals surface area contributed by atoms with Crippen LogP contribution in [0.3, 0.4) is 0 Å². The number of fused-ring (bicyclic) bond motifs is 1. The lowest BCUT2D eigenvalue weighted by Gasteiger charge is -2.48. The second kappa shape index (κ2) is 6.16. The number of aliphatic carboxylic acids is 1. The molecule has 1 saturated heterocycles. The number of aliphatic hydroxyl groups excluding tert-OH is 1. The summed E-state index contributed by atoms with van der Waals surface area (Å²) in [5.41, 5.74) is 6.40. The van der Waals surface area contributed by atoms with Crippen LogP contribution >= 0.6 is 34.9 Å². The maximum atomic E-state index is 11.8. The van der Waals surface area contributed by atoms with E-state index in [0.29, 0.717) is 26.4 Å². The van der Waals surface area contributed by atoms with Gasteiger partial charge in [-0.2, -0.15) is 0 Å². The molecule has 0 aliphatic carbocycles. The molecule has 2 atom stereocenters. The molecule has 11 heteroatoms. The minimum atomic E-state index is -1.12. The number of β-lactam (4-membered cyclic amide) rings is 1. The number of rotatable bonds is 5. The third-order valence-corrected chi connectivity index (χ3v) is 6.73. The molecule has 22 heavy (non-hydrogen) atoms. The number of aromatic nitrogens is 2. The van der Waals surface area contributed by atoms with Crippen molar-refractivity contribution in [2.24, 2.45) is 5.73 Å². The van der Waals surface area contributed by atoms with E-state index in [1.54, 1.807) is 0 Å². The van der Waals surface area contributed by atoms with Crippen molar-refractivity contribution in [1.82, 2.24) is 15.1 Å². The fraction of sp³-hybridized carbons (Fsp3) is 0.455. The number of aliphatic hydroxyl groups is 1. The first-order valence-electron chi connectivity index (χ1n) is 6.24. The SMILES string of the molecule is NC1C(=O)N2C(C(=O)O)=C(CSc3nnc(CO)s3)CS[C@@H]12. The Labute approximate surface area is 137 Å². The smallest absolute Gasteiger partial charge is 0.352 e. The molecule has 1 amide bonds. The standard InChI is InChI=1S/C11H12N4O4S3/c12-6-8(17)15-7(10(18)19)4(2-20-9(6)15)3-21-11-14-13-5(1-16)22-11/h6,9,16H,1-3,12H2,(H,18,19)/t6?,9-/m0/s1. The Morgan fingerprint density at radius 2 is 2.27 bits per heavy atom. The van der Waals surface area contributed by atoms with Gasteiger partial charge in [0.2, 0.25) is 5.91 Å². The predicted octanol–water partition coefficient (Wildman–Crippen LogP) is -0.296. The summed E-state index contributed by atoms with van der Waals surface area (Å²) >= 11 is 4.08. The lowest BCUT2D eigenvalue weighted by Crippen LogP contribution is -2.68. The molecule has 8 nitrogen and oxygen atoms in total. The molecule has 3 rings (SSSR count). The molecular formula is C11H12N4O4S3. The van der Waals surface area contributed by atoms with Gasteiger partial charge in [-0.15, -0.1) is 22.0 Å². The van der Waals surface area contributed by atoms with Crippen molar-refractivity contribution in [3.63, 3.8) is 0 Å². The number of hydrogen-bond acceptors (Lipinski definition) is 9. The maximum absolute atomic E-state index is 11.8. The van der Waals surface area contributed by atoms with Crippen LogP contribution in [0.5, 0.6) is 0 Å². The number of carboxylic acids is 1. The quantitative estimate of drug-likeness (QED) is 0.479. The average molecular weight is 360 g/mol. The summed E-state index contributed by atoms with van der Waals surface area (Å²) in [5, 5.41) is 26.3. The van der Waals surface area contributed by atoms with E-state index >= 15 is 0 Å². The Bertz CT molecular complexity index is 662. The molecule has 0 radical (unpaired) electrons. The van der Waals surface area contributed by atoms with E-state index in [1.807, 2.05) is 0 Å². The van der Waals surface area contributed by atoms with Gasteiger partial charge in [-0.1, -0.05) is 23.1 Å². The second-order valence-electron chi connectivity index (χ2n) is 4.60. The van der Waals surface area contributed by atoms with Crippen molar-refractivity contribution >= 4 is 46.7 Å². The van der Waals surface area contributed by atoms with Gasteiger partial charge in [0, 0.05) is 11.5 Å². The van der Waals surface area contributed by atoms with E-state index in [0.717, 1.165) is 0 Å². The van der Waals surface area contributed by atoms with Gasteiger partial charge in [0.1, 0.15) is 22.1 Å². The van der Waals surface area contributed by atoms with E-state index in [9.17, 15) is 14.7 Å². The minimum Gasteiger partial charge on any atom is -0.477 e. The summed E-state index contributed by atoms with van der Waals surface area (Å²) in [4.78, 5) is 24.6. The number of nitrogens with two attached hydrogens (primary N) is 1. The van der Waals surface area contributed by atoms with Crippen molar-refractivity contribution in [3.05, 3.63) is 16.3 Å². The molecule has 4 N–H and O–H groups in total. The van der Waals surface area contributed by atoms with Gasteiger partial charge in [0.15, 0.2) is 4.34 Å². The van der Waals surface area contributed by atoms with Crippen LogP contribution in [0, 0.1) is 0 Å². The van der Waals surface area contributed by atoms with E-state index in [-0.39, 0.29) is 23.6 Å². The van der Waals surface area contributed by atoms with Crippen LogP contribution < -0.4 is 5.73 Å². The highest BCUT2D eigenvalue weighted by Gasteiger charge is 2.51. The highest BCUT2D eigenvalue weighted by Crippen LogP contribution is 2.40. The van der Waals surface area contributed by atoms with Crippen LogP contribution in [0.25, 0.3) is 0 Å². The number of hydrogen-bond donors (Lipinski definition) is 3. The minimum absolute atomic E-state index is 0.0369. The largest absolute Gasteiger partial charge is 0.477 e. The molecule has 1 unspecified atom stereocenters. The molecular weight excluding hydrogens is 348 g/mol. The van der Waals surface area contributed by atoms with Gasteiger partial charge in [0.05, 0.1) is 6.61 Å². The summed E-state index contributed by atoms with van der Waals surface area (Å²) in [6.45, 7) is -0.168. The van der Waals surface area contributed by atoms with Gasteiger partial charge in [-0.05, 0) is 5.57 Å². The molecule has 0 saturated carbocycles. The van der Waals surface area contributed by atoms with Gasteiger partial charge in [-0.25, -0.2) is 4.79 Å². The van der Waals surface area contributed by atoms with Gasteiger partial charge in [-0.3, -0.25) is 9.69 Å². The van der Waals surface area contributed by atoms with E-state index in [1.165, 1.54) is 39.8 Å². The molecule has 1 aromatic rings. The van der Waals surface area contributed by atoms with Crippen LogP contribution in [0.4, 0.5) is 0 Å². The van der Waals surface area contributed by atoms with Crippen LogP contribution in [0.1, 0.15) is 5.01 Å². The molecule has 2 aliphatic heterocycles. The number of carbonyl (C=O) groups is 2. The van der Waals surface area contributed by atoms with E-state index < -0.39 is 12.0 Å². The van der Waals surface area contributed by atoms with E-state index in [4.69, 9.17) is 10.8 Å². The predicted molar refractivity (Wildman–Crippen MR) is 82.3 cm³/mol. The number of carboxylic acid groups (broad SMARTS) is 1. The van der Waals surface area contributed by atoms with Gasteiger partial charge in [0.25, 0.3) is 0 Å². The number of carbonyl (C=O) groups excluding carboxylic acids is 1. The lowest BCUT2D eigenvalue weighted by atomic mass is 10.0. The monoisotopic (exact) mass is 360 g/mol. The summed E-state index contributed by atoms with van der Waals surface area (Å²) in [7, 11) is 0. The molecule has 0 spiro atoms. The maximum Gasteiger partial charge on any atom is 0.352 e. The Kier molecular flexibility index (Phi) is 4.41. The topological polar surface area (TPSA) is 130 Å². The molecule has 1 fully saturated rings. The van der Waals surface area contributed by atoms with Crippen molar-refractivity contribution < 1.29 is 19.8 Å². The number of amides is 1. The van der Waals surface area contributed by atoms with Crippen LogP contribution in [0.15, 0.2) is 15.6 Å². The Morgan fingerprint density at radius 1 is 1.50 bits per heavy atom. The third kappa shape index (κ3) is 2.63. The second-order valence-corrected chi connectivity index (χ2v) is 7.99. The fourth-order valence-corrected chi connectivity index (χ4v) is 5.39. The summed E-state index contributed by atoms with van der Waals surface area (Å²) in [5.74, 6) is -0.548. The first-order valence-corrected chi connectivity index (χ1v) is 9.09. The Hall–Kier alpha value is -1.14. The Balaban J connectivity index is 1.78. The number of nitrogens with zero attached hydrogens (tertiary/aromatic N) is 3. The molecule has 118 valence electrons. The molecule has 0 bridgehead atoms. The molecule has 1 aromatic heterocycles. The summed E-state index contributed by atoms with van der Waals surface area (Å²) < 4.78 is 0.653. The van der Waals surface area contributed by atoms with Crippen molar-refractivity contribution in [2.75, 3.05) is 11.5 Å². The zero-order valence-corrected chi connectivity index (χ0v) is 13.6. The lowest BCUT2D eigenvalue weighted by molar-refractivity contribution is -0.147. The van der Waals surface area contributed by atoms with E-state index in [2.05, 4.69) is 10.2 Å². The molecule has 2 aliphatic rings. The van der Waals surface area contributed by atoms with Crippen LogP contribution in [-0.2, 0) is 16.2 Å². The van der Waals surface area contributed by atoms with Gasteiger partial charge < -0.3 is 15.9 Å². The Morgan fingerprint density at radius 3 is 2.91 bits per heavy atom. The number of thioether (sulfide) groups is 2. The van der Waals surface area contributed by atoms with Crippen molar-refractivity contribution in [1.29, 1.82) is 0 Å². The van der Waals surface area contributed by atoms with Crippen LogP contribution in [-0.4, -0.2) is 60.1 Å². The fourth-order valence-electron chi connectivity index (χ4n) is 2.20. The highest BCUT2D eigenvalue weighted by atomic mass is 32.2. The normalized spacial score (nSPS) is 24.3. The summed E-state index contributed by atoms with van der Waals surface area (Å²) in [6, 6.07) is -0.621. The first-order chi connectivity index (χ1) is 10.5. The van der Waals surface area contributed by atoms with Gasteiger partial charge >= 0.3 is 5.97 Å². The average Bonchev–Trinajstić information content (AvgIpc) is 2.99. The molecule has 3 heterocycles. The summed E-state index contributed by atoms with van der Waals surface area (Å²) in [6.07, 6.45) is 0. The first kappa shape index (κ1) is 15.7. The molecule has 0 aromatic carbocycles. The zero-order valence-electron chi connectivity index (χ0n) is 11.1. The van der Waals surface area contributed by atoms with Crippen molar-refractivity contribution in [2.45, 2.75) is 22.4 Å². The highest BCUT2D eigenvalue weighted by molar-refractivity contribution is 8.01. The van der Waals surface area contributed by atoms with Crippen molar-refractivity contribution in [3.8, 4) is 0 Å². The zero-order chi connectivity index (χ0) is 15.9.